The van der Waals surface area contributed by atoms with Gasteiger partial charge in [0.25, 0.3) is 0 Å². The Labute approximate surface area is 98.3 Å². The van der Waals surface area contributed by atoms with E-state index < -0.39 is 6.10 Å². The Morgan fingerprint density at radius 3 is 2.62 bits per heavy atom. The van der Waals surface area contributed by atoms with Crippen molar-refractivity contribution < 1.29 is 14.6 Å². The van der Waals surface area contributed by atoms with Crippen molar-refractivity contribution in [3.63, 3.8) is 0 Å². The van der Waals surface area contributed by atoms with Gasteiger partial charge in [0.05, 0.1) is 24.9 Å². The summed E-state index contributed by atoms with van der Waals surface area (Å²) in [5.74, 6) is 0. The lowest BCUT2D eigenvalue weighted by Gasteiger charge is -2.17. The van der Waals surface area contributed by atoms with E-state index in [1.54, 1.807) is 7.11 Å². The molecule has 2 unspecified atom stereocenters. The van der Waals surface area contributed by atoms with E-state index in [0.717, 1.165) is 19.4 Å². The lowest BCUT2D eigenvalue weighted by molar-refractivity contribution is -0.00647. The summed E-state index contributed by atoms with van der Waals surface area (Å²) in [5.41, 5.74) is 0. The molecule has 1 saturated carbocycles. The molecule has 4 heteroatoms. The molecule has 0 aromatic heterocycles. The highest BCUT2D eigenvalue weighted by Crippen LogP contribution is 2.20. The standard InChI is InChI=1S/C12H25NO3/c1-10(15-2)7-13-8-11(14)9-16-12-5-3-4-6-12/h10-14H,3-9H2,1-2H3. The van der Waals surface area contributed by atoms with Crippen molar-refractivity contribution in [2.75, 3.05) is 26.8 Å². The lowest BCUT2D eigenvalue weighted by Crippen LogP contribution is -2.35. The van der Waals surface area contributed by atoms with Crippen LogP contribution in [0.4, 0.5) is 0 Å². The average molecular weight is 231 g/mol. The number of rotatable bonds is 8. The highest BCUT2D eigenvalue weighted by atomic mass is 16.5. The molecule has 2 N–H and O–H groups in total. The van der Waals surface area contributed by atoms with E-state index in [9.17, 15) is 5.11 Å². The van der Waals surface area contributed by atoms with E-state index in [1.165, 1.54) is 12.8 Å². The first-order valence-corrected chi connectivity index (χ1v) is 6.25. The van der Waals surface area contributed by atoms with Gasteiger partial charge in [0.1, 0.15) is 0 Å². The Morgan fingerprint density at radius 2 is 2.00 bits per heavy atom. The van der Waals surface area contributed by atoms with Crippen LogP contribution in [0.1, 0.15) is 32.6 Å². The maximum absolute atomic E-state index is 9.67. The van der Waals surface area contributed by atoms with Gasteiger partial charge in [-0.15, -0.1) is 0 Å². The molecule has 0 radical (unpaired) electrons. The van der Waals surface area contributed by atoms with Crippen molar-refractivity contribution in [3.8, 4) is 0 Å². The van der Waals surface area contributed by atoms with E-state index >= 15 is 0 Å². The number of ether oxygens (including phenoxy) is 2. The quantitative estimate of drug-likeness (QED) is 0.652. The number of nitrogens with one attached hydrogen (secondary N) is 1. The van der Waals surface area contributed by atoms with E-state index in [-0.39, 0.29) is 6.10 Å². The summed E-state index contributed by atoms with van der Waals surface area (Å²) in [4.78, 5) is 0. The van der Waals surface area contributed by atoms with Crippen LogP contribution < -0.4 is 5.32 Å². The zero-order valence-electron chi connectivity index (χ0n) is 10.4. The van der Waals surface area contributed by atoms with E-state index in [4.69, 9.17) is 9.47 Å². The van der Waals surface area contributed by atoms with Crippen molar-refractivity contribution in [1.82, 2.24) is 5.32 Å². The highest BCUT2D eigenvalue weighted by molar-refractivity contribution is 4.68. The number of methoxy groups -OCH3 is 1. The first-order chi connectivity index (χ1) is 7.72. The monoisotopic (exact) mass is 231 g/mol. The zero-order valence-corrected chi connectivity index (χ0v) is 10.4. The highest BCUT2D eigenvalue weighted by Gasteiger charge is 2.16. The Kier molecular flexibility index (Phi) is 6.96. The SMILES string of the molecule is COC(C)CNCC(O)COC1CCCC1. The van der Waals surface area contributed by atoms with Gasteiger partial charge in [-0.1, -0.05) is 12.8 Å². The van der Waals surface area contributed by atoms with Gasteiger partial charge in [0, 0.05) is 20.2 Å². The van der Waals surface area contributed by atoms with Crippen LogP contribution in [0.25, 0.3) is 0 Å². The second kappa shape index (κ2) is 8.01. The van der Waals surface area contributed by atoms with Crippen LogP contribution in [-0.4, -0.2) is 50.2 Å². The van der Waals surface area contributed by atoms with Crippen LogP contribution in [0, 0.1) is 0 Å². The molecule has 0 aromatic rings. The third-order valence-corrected chi connectivity index (χ3v) is 3.04. The predicted octanol–water partition coefficient (Wildman–Crippen LogP) is 0.931. The van der Waals surface area contributed by atoms with Gasteiger partial charge in [0.2, 0.25) is 0 Å². The van der Waals surface area contributed by atoms with Gasteiger partial charge in [-0.25, -0.2) is 0 Å². The third kappa shape index (κ3) is 5.80. The molecule has 0 bridgehead atoms. The lowest BCUT2D eigenvalue weighted by atomic mass is 10.3. The maximum Gasteiger partial charge on any atom is 0.0897 e. The molecule has 0 amide bonds. The summed E-state index contributed by atoms with van der Waals surface area (Å²) in [5, 5.41) is 12.8. The Bertz CT molecular complexity index is 172. The van der Waals surface area contributed by atoms with E-state index in [0.29, 0.717) is 19.3 Å². The summed E-state index contributed by atoms with van der Waals surface area (Å²) in [6.07, 6.45) is 5.00. The van der Waals surface area contributed by atoms with Crippen molar-refractivity contribution in [1.29, 1.82) is 0 Å². The third-order valence-electron chi connectivity index (χ3n) is 3.04. The van der Waals surface area contributed by atoms with Crippen LogP contribution in [0.2, 0.25) is 0 Å². The predicted molar refractivity (Wildman–Crippen MR) is 63.6 cm³/mol. The second-order valence-corrected chi connectivity index (χ2v) is 4.60. The molecule has 2 atom stereocenters. The van der Waals surface area contributed by atoms with Crippen LogP contribution in [-0.2, 0) is 9.47 Å². The molecular weight excluding hydrogens is 206 g/mol. The first kappa shape index (κ1) is 13.9. The topological polar surface area (TPSA) is 50.7 Å². The molecule has 0 aromatic carbocycles. The van der Waals surface area contributed by atoms with E-state index in [2.05, 4.69) is 5.32 Å². The molecular formula is C12H25NO3. The van der Waals surface area contributed by atoms with Crippen molar-refractivity contribution in [3.05, 3.63) is 0 Å². The van der Waals surface area contributed by atoms with Crippen LogP contribution in [0.5, 0.6) is 0 Å². The van der Waals surface area contributed by atoms with Crippen LogP contribution in [0.15, 0.2) is 0 Å². The Balaban J connectivity index is 1.95. The van der Waals surface area contributed by atoms with Gasteiger partial charge in [0.15, 0.2) is 0 Å². The van der Waals surface area contributed by atoms with Gasteiger partial charge < -0.3 is 19.9 Å². The molecule has 4 nitrogen and oxygen atoms in total. The molecule has 0 aliphatic heterocycles. The van der Waals surface area contributed by atoms with Gasteiger partial charge in [-0.2, -0.15) is 0 Å². The second-order valence-electron chi connectivity index (χ2n) is 4.60. The zero-order chi connectivity index (χ0) is 11.8. The van der Waals surface area contributed by atoms with Crippen LogP contribution in [0.3, 0.4) is 0 Å². The smallest absolute Gasteiger partial charge is 0.0897 e. The first-order valence-electron chi connectivity index (χ1n) is 6.25. The fourth-order valence-corrected chi connectivity index (χ4v) is 1.90. The summed E-state index contributed by atoms with van der Waals surface area (Å²) in [6, 6.07) is 0. The molecule has 96 valence electrons. The number of hydrogen-bond donors (Lipinski definition) is 2. The Morgan fingerprint density at radius 1 is 1.31 bits per heavy atom. The summed E-state index contributed by atoms with van der Waals surface area (Å²) >= 11 is 0. The normalized spacial score (nSPS) is 21.2. The molecule has 1 aliphatic rings. The number of hydrogen-bond acceptors (Lipinski definition) is 4. The molecule has 0 saturated heterocycles. The molecule has 1 aliphatic carbocycles. The van der Waals surface area contributed by atoms with E-state index in [1.807, 2.05) is 6.92 Å². The minimum Gasteiger partial charge on any atom is -0.389 e. The van der Waals surface area contributed by atoms with Crippen LogP contribution >= 0.6 is 0 Å². The number of aliphatic hydroxyl groups is 1. The summed E-state index contributed by atoms with van der Waals surface area (Å²) < 4.78 is 10.7. The summed E-state index contributed by atoms with van der Waals surface area (Å²) in [6.45, 7) is 3.77. The summed E-state index contributed by atoms with van der Waals surface area (Å²) in [7, 11) is 1.69. The average Bonchev–Trinajstić information content (AvgIpc) is 2.79. The number of aliphatic hydroxyl groups excluding tert-OH is 1. The van der Waals surface area contributed by atoms with Crippen molar-refractivity contribution >= 4 is 0 Å². The Hall–Kier alpha value is -0.160. The molecule has 0 heterocycles. The molecule has 0 spiro atoms. The fraction of sp³-hybridized carbons (Fsp3) is 1.00. The molecule has 1 fully saturated rings. The fourth-order valence-electron chi connectivity index (χ4n) is 1.90. The van der Waals surface area contributed by atoms with Gasteiger partial charge >= 0.3 is 0 Å². The minimum atomic E-state index is -0.412. The van der Waals surface area contributed by atoms with Crippen molar-refractivity contribution in [2.24, 2.45) is 0 Å². The molecule has 16 heavy (non-hydrogen) atoms. The molecule has 1 rings (SSSR count). The largest absolute Gasteiger partial charge is 0.389 e. The van der Waals surface area contributed by atoms with Gasteiger partial charge in [-0.3, -0.25) is 0 Å². The van der Waals surface area contributed by atoms with Gasteiger partial charge in [-0.05, 0) is 19.8 Å². The maximum atomic E-state index is 9.67. The van der Waals surface area contributed by atoms with Crippen molar-refractivity contribution in [2.45, 2.75) is 50.9 Å². The minimum absolute atomic E-state index is 0.183.